The molecular formula is C24H33N5O3. The van der Waals surface area contributed by atoms with Crippen LogP contribution < -0.4 is 10.5 Å². The second kappa shape index (κ2) is 10.3. The van der Waals surface area contributed by atoms with Crippen molar-refractivity contribution in [2.24, 2.45) is 0 Å². The SMILES string of the molecule is Cc1nc(N2CCOCC2)[nH]c(=O)c1CCC(=O)N1CCN(Cc2ccccc2)CC1C. The van der Waals surface area contributed by atoms with Crippen molar-refractivity contribution in [3.63, 3.8) is 0 Å². The highest BCUT2D eigenvalue weighted by molar-refractivity contribution is 5.77. The molecule has 2 aromatic rings. The number of hydrogen-bond donors (Lipinski definition) is 1. The number of benzene rings is 1. The predicted molar refractivity (Wildman–Crippen MR) is 124 cm³/mol. The van der Waals surface area contributed by atoms with E-state index < -0.39 is 0 Å². The number of aryl methyl sites for hydroxylation is 1. The van der Waals surface area contributed by atoms with Crippen LogP contribution in [0.1, 0.15) is 30.2 Å². The summed E-state index contributed by atoms with van der Waals surface area (Å²) in [5.41, 5.74) is 2.45. The zero-order valence-electron chi connectivity index (χ0n) is 19.0. The Morgan fingerprint density at radius 1 is 1.16 bits per heavy atom. The molecule has 8 heteroatoms. The number of carbonyl (C=O) groups excluding carboxylic acids is 1. The molecule has 0 saturated carbocycles. The molecule has 8 nitrogen and oxygen atoms in total. The molecule has 4 rings (SSSR count). The lowest BCUT2D eigenvalue weighted by molar-refractivity contribution is -0.135. The van der Waals surface area contributed by atoms with E-state index in [1.54, 1.807) is 0 Å². The normalized spacial score (nSPS) is 19.9. The number of aromatic amines is 1. The van der Waals surface area contributed by atoms with E-state index in [2.05, 4.69) is 46.1 Å². The first-order chi connectivity index (χ1) is 15.5. The number of nitrogens with one attached hydrogen (secondary N) is 1. The summed E-state index contributed by atoms with van der Waals surface area (Å²) in [7, 11) is 0. The van der Waals surface area contributed by atoms with Gasteiger partial charge in [-0.3, -0.25) is 19.5 Å². The molecule has 1 aromatic heterocycles. The molecule has 2 aliphatic heterocycles. The van der Waals surface area contributed by atoms with Crippen LogP contribution in [-0.2, 0) is 22.5 Å². The lowest BCUT2D eigenvalue weighted by atomic mass is 10.1. The topological polar surface area (TPSA) is 81.8 Å². The molecule has 2 aliphatic rings. The first-order valence-corrected chi connectivity index (χ1v) is 11.5. The Labute approximate surface area is 189 Å². The fraction of sp³-hybridized carbons (Fsp3) is 0.542. The summed E-state index contributed by atoms with van der Waals surface area (Å²) >= 11 is 0. The minimum atomic E-state index is -0.146. The largest absolute Gasteiger partial charge is 0.378 e. The molecule has 2 fully saturated rings. The second-order valence-electron chi connectivity index (χ2n) is 8.71. The van der Waals surface area contributed by atoms with Gasteiger partial charge in [-0.1, -0.05) is 30.3 Å². The number of ether oxygens (including phenoxy) is 1. The number of hydrogen-bond acceptors (Lipinski definition) is 6. The maximum absolute atomic E-state index is 12.9. The third kappa shape index (κ3) is 5.37. The van der Waals surface area contributed by atoms with E-state index >= 15 is 0 Å². The lowest BCUT2D eigenvalue weighted by Crippen LogP contribution is -2.53. The van der Waals surface area contributed by atoms with E-state index in [-0.39, 0.29) is 17.5 Å². The van der Waals surface area contributed by atoms with Crippen LogP contribution in [0.3, 0.4) is 0 Å². The van der Waals surface area contributed by atoms with Gasteiger partial charge in [0.25, 0.3) is 5.56 Å². The highest BCUT2D eigenvalue weighted by atomic mass is 16.5. The first kappa shape index (κ1) is 22.5. The number of carbonyl (C=O) groups is 1. The Kier molecular flexibility index (Phi) is 7.22. The van der Waals surface area contributed by atoms with Crippen molar-refractivity contribution in [1.82, 2.24) is 19.8 Å². The lowest BCUT2D eigenvalue weighted by Gasteiger charge is -2.40. The molecule has 1 amide bonds. The van der Waals surface area contributed by atoms with Crippen LogP contribution in [0.25, 0.3) is 0 Å². The van der Waals surface area contributed by atoms with Gasteiger partial charge in [-0.15, -0.1) is 0 Å². The molecule has 2 saturated heterocycles. The zero-order chi connectivity index (χ0) is 22.5. The highest BCUT2D eigenvalue weighted by Crippen LogP contribution is 2.16. The quantitative estimate of drug-likeness (QED) is 0.736. The average Bonchev–Trinajstić information content (AvgIpc) is 2.79. The molecule has 3 heterocycles. The average molecular weight is 440 g/mol. The number of H-pyrrole nitrogens is 1. The Hall–Kier alpha value is -2.71. The van der Waals surface area contributed by atoms with Crippen LogP contribution in [-0.4, -0.2) is 77.7 Å². The highest BCUT2D eigenvalue weighted by Gasteiger charge is 2.27. The number of rotatable bonds is 6. The maximum atomic E-state index is 12.9. The van der Waals surface area contributed by atoms with Gasteiger partial charge in [0.1, 0.15) is 0 Å². The van der Waals surface area contributed by atoms with Crippen molar-refractivity contribution in [1.29, 1.82) is 0 Å². The Bertz CT molecular complexity index is 971. The smallest absolute Gasteiger partial charge is 0.255 e. The Morgan fingerprint density at radius 2 is 1.91 bits per heavy atom. The summed E-state index contributed by atoms with van der Waals surface area (Å²) in [6.07, 6.45) is 0.735. The fourth-order valence-corrected chi connectivity index (χ4v) is 4.58. The van der Waals surface area contributed by atoms with E-state index in [0.29, 0.717) is 56.4 Å². The van der Waals surface area contributed by atoms with Gasteiger partial charge in [0, 0.05) is 63.0 Å². The van der Waals surface area contributed by atoms with Crippen molar-refractivity contribution >= 4 is 11.9 Å². The second-order valence-corrected chi connectivity index (χ2v) is 8.71. The number of aromatic nitrogens is 2. The zero-order valence-corrected chi connectivity index (χ0v) is 19.0. The maximum Gasteiger partial charge on any atom is 0.255 e. The molecule has 1 unspecified atom stereocenters. The van der Waals surface area contributed by atoms with Crippen LogP contribution in [0.5, 0.6) is 0 Å². The minimum Gasteiger partial charge on any atom is -0.378 e. The van der Waals surface area contributed by atoms with E-state index in [1.165, 1.54) is 5.56 Å². The fourth-order valence-electron chi connectivity index (χ4n) is 4.58. The van der Waals surface area contributed by atoms with Gasteiger partial charge in [-0.05, 0) is 25.8 Å². The van der Waals surface area contributed by atoms with Crippen molar-refractivity contribution in [3.05, 3.63) is 57.5 Å². The van der Waals surface area contributed by atoms with Crippen LogP contribution in [0.2, 0.25) is 0 Å². The molecule has 32 heavy (non-hydrogen) atoms. The van der Waals surface area contributed by atoms with Crippen LogP contribution in [0.15, 0.2) is 35.1 Å². The molecule has 172 valence electrons. The van der Waals surface area contributed by atoms with E-state index in [1.807, 2.05) is 22.8 Å². The van der Waals surface area contributed by atoms with Crippen LogP contribution in [0, 0.1) is 6.92 Å². The van der Waals surface area contributed by atoms with Crippen molar-refractivity contribution < 1.29 is 9.53 Å². The van der Waals surface area contributed by atoms with Crippen molar-refractivity contribution in [2.75, 3.05) is 50.8 Å². The summed E-state index contributed by atoms with van der Waals surface area (Å²) in [5.74, 6) is 0.696. The molecule has 0 aliphatic carbocycles. The van der Waals surface area contributed by atoms with Gasteiger partial charge in [-0.2, -0.15) is 0 Å². The molecule has 1 aromatic carbocycles. The van der Waals surface area contributed by atoms with Crippen LogP contribution in [0.4, 0.5) is 5.95 Å². The van der Waals surface area contributed by atoms with Gasteiger partial charge < -0.3 is 14.5 Å². The van der Waals surface area contributed by atoms with Crippen LogP contribution >= 0.6 is 0 Å². The number of anilines is 1. The molecule has 1 N–H and O–H groups in total. The van der Waals surface area contributed by atoms with Crippen molar-refractivity contribution in [2.45, 2.75) is 39.3 Å². The van der Waals surface area contributed by atoms with Gasteiger partial charge in [0.2, 0.25) is 11.9 Å². The molecule has 0 spiro atoms. The summed E-state index contributed by atoms with van der Waals surface area (Å²) in [6, 6.07) is 10.6. The Balaban J connectivity index is 1.32. The molecule has 0 bridgehead atoms. The molecular weight excluding hydrogens is 406 g/mol. The summed E-state index contributed by atoms with van der Waals surface area (Å²) < 4.78 is 5.37. The minimum absolute atomic E-state index is 0.105. The number of morpholine rings is 1. The predicted octanol–water partition coefficient (Wildman–Crippen LogP) is 1.58. The van der Waals surface area contributed by atoms with E-state index in [4.69, 9.17) is 4.74 Å². The molecule has 0 radical (unpaired) electrons. The Morgan fingerprint density at radius 3 is 2.59 bits per heavy atom. The van der Waals surface area contributed by atoms with Gasteiger partial charge in [-0.25, -0.2) is 4.98 Å². The first-order valence-electron chi connectivity index (χ1n) is 11.5. The number of amides is 1. The summed E-state index contributed by atoms with van der Waals surface area (Å²) in [6.45, 7) is 10.00. The van der Waals surface area contributed by atoms with Gasteiger partial charge >= 0.3 is 0 Å². The monoisotopic (exact) mass is 439 g/mol. The third-order valence-electron chi connectivity index (χ3n) is 6.39. The third-order valence-corrected chi connectivity index (χ3v) is 6.39. The van der Waals surface area contributed by atoms with Gasteiger partial charge in [0.05, 0.1) is 13.2 Å². The molecule has 1 atom stereocenters. The summed E-state index contributed by atoms with van der Waals surface area (Å²) in [5, 5.41) is 0. The van der Waals surface area contributed by atoms with Crippen molar-refractivity contribution in [3.8, 4) is 0 Å². The van der Waals surface area contributed by atoms with Gasteiger partial charge in [0.15, 0.2) is 0 Å². The number of nitrogens with zero attached hydrogens (tertiary/aromatic N) is 4. The standard InChI is InChI=1S/C24H33N5O3/c1-18-16-27(17-20-6-4-3-5-7-20)10-11-29(18)22(30)9-8-21-19(2)25-24(26-23(21)31)28-12-14-32-15-13-28/h3-7,18H,8-17H2,1-2H3,(H,25,26,31). The number of piperazine rings is 1. The van der Waals surface area contributed by atoms with E-state index in [0.717, 1.165) is 26.2 Å². The van der Waals surface area contributed by atoms with E-state index in [9.17, 15) is 9.59 Å². The summed E-state index contributed by atoms with van der Waals surface area (Å²) in [4.78, 5) is 39.5.